The maximum Gasteiger partial charge on any atom is 0.276 e. The Morgan fingerprint density at radius 2 is 1.84 bits per heavy atom. The average molecular weight is 294 g/mol. The van der Waals surface area contributed by atoms with Crippen molar-refractivity contribution in [2.75, 3.05) is 0 Å². The molecule has 0 aliphatic heterocycles. The van der Waals surface area contributed by atoms with E-state index in [2.05, 4.69) is 9.93 Å². The molecule has 0 fully saturated rings. The second-order valence-corrected chi connectivity index (χ2v) is 6.96. The van der Waals surface area contributed by atoms with Crippen LogP contribution in [-0.4, -0.2) is 14.1 Å². The summed E-state index contributed by atoms with van der Waals surface area (Å²) in [6.07, 6.45) is 0. The third kappa shape index (κ3) is 3.42. The summed E-state index contributed by atoms with van der Waals surface area (Å²) in [4.78, 5) is 4.57. The van der Waals surface area contributed by atoms with Gasteiger partial charge in [0.1, 0.15) is 0 Å². The van der Waals surface area contributed by atoms with Crippen molar-refractivity contribution in [3.63, 3.8) is 0 Å². The number of aryl methyl sites for hydroxylation is 1. The van der Waals surface area contributed by atoms with Gasteiger partial charge in [-0.1, -0.05) is 18.2 Å². The molecule has 2 rings (SSSR count). The van der Waals surface area contributed by atoms with E-state index in [0.29, 0.717) is 5.71 Å². The van der Waals surface area contributed by atoms with Gasteiger partial charge in [0, 0.05) is 4.88 Å². The van der Waals surface area contributed by atoms with E-state index in [1.165, 1.54) is 12.1 Å². The maximum atomic E-state index is 12.0. The maximum absolute atomic E-state index is 12.0. The van der Waals surface area contributed by atoms with Crippen molar-refractivity contribution < 1.29 is 8.42 Å². The van der Waals surface area contributed by atoms with Gasteiger partial charge in [-0.15, -0.1) is 11.3 Å². The molecular weight excluding hydrogens is 280 g/mol. The first kappa shape index (κ1) is 13.8. The Balaban J connectivity index is 2.18. The minimum atomic E-state index is -3.59. The third-order valence-corrected chi connectivity index (χ3v) is 4.82. The van der Waals surface area contributed by atoms with Gasteiger partial charge >= 0.3 is 0 Å². The number of thiophene rings is 1. The Kier molecular flexibility index (Phi) is 4.01. The van der Waals surface area contributed by atoms with E-state index in [9.17, 15) is 8.42 Å². The molecule has 0 spiro atoms. The normalized spacial score (nSPS) is 12.4. The summed E-state index contributed by atoms with van der Waals surface area (Å²) in [5, 5.41) is 3.94. The minimum Gasteiger partial charge on any atom is -0.200 e. The fourth-order valence-electron chi connectivity index (χ4n) is 1.46. The van der Waals surface area contributed by atoms with Crippen molar-refractivity contribution in [3.8, 4) is 0 Å². The van der Waals surface area contributed by atoms with Crippen molar-refractivity contribution in [2.45, 2.75) is 18.7 Å². The van der Waals surface area contributed by atoms with Crippen molar-refractivity contribution in [1.82, 2.24) is 4.83 Å². The lowest BCUT2D eigenvalue weighted by atomic mass is 10.3. The molecule has 1 heterocycles. The fraction of sp³-hybridized carbons (Fsp3) is 0.154. The first-order valence-electron chi connectivity index (χ1n) is 5.67. The lowest BCUT2D eigenvalue weighted by Crippen LogP contribution is -2.19. The van der Waals surface area contributed by atoms with Crippen LogP contribution in [0.25, 0.3) is 0 Å². The highest BCUT2D eigenvalue weighted by molar-refractivity contribution is 7.89. The number of nitrogens with zero attached hydrogens (tertiary/aromatic N) is 1. The van der Waals surface area contributed by atoms with Gasteiger partial charge in [-0.05, 0) is 38.1 Å². The number of hydrazone groups is 1. The zero-order valence-electron chi connectivity index (χ0n) is 10.6. The average Bonchev–Trinajstić information content (AvgIpc) is 2.84. The SMILES string of the molecule is CC(=NNS(=O)(=O)c1ccccc1)c1ccc(C)s1. The molecule has 2 aromatic rings. The second kappa shape index (κ2) is 5.54. The quantitative estimate of drug-likeness (QED) is 0.696. The molecule has 0 atom stereocenters. The van der Waals surface area contributed by atoms with Gasteiger partial charge < -0.3 is 0 Å². The Hall–Kier alpha value is -1.66. The van der Waals surface area contributed by atoms with Gasteiger partial charge in [0.2, 0.25) is 0 Å². The summed E-state index contributed by atoms with van der Waals surface area (Å²) in [5.74, 6) is 0. The monoisotopic (exact) mass is 294 g/mol. The molecule has 0 saturated heterocycles. The van der Waals surface area contributed by atoms with Crippen molar-refractivity contribution in [1.29, 1.82) is 0 Å². The highest BCUT2D eigenvalue weighted by Crippen LogP contribution is 2.16. The summed E-state index contributed by atoms with van der Waals surface area (Å²) in [5.41, 5.74) is 0.651. The van der Waals surface area contributed by atoms with Crippen LogP contribution in [0, 0.1) is 6.92 Å². The topological polar surface area (TPSA) is 58.5 Å². The van der Waals surface area contributed by atoms with E-state index >= 15 is 0 Å². The lowest BCUT2D eigenvalue weighted by molar-refractivity contribution is 0.584. The molecule has 0 bridgehead atoms. The van der Waals surface area contributed by atoms with Crippen LogP contribution in [0.4, 0.5) is 0 Å². The summed E-state index contributed by atoms with van der Waals surface area (Å²) in [6.45, 7) is 3.77. The summed E-state index contributed by atoms with van der Waals surface area (Å²) in [6, 6.07) is 12.1. The van der Waals surface area contributed by atoms with Crippen LogP contribution in [0.1, 0.15) is 16.7 Å². The van der Waals surface area contributed by atoms with E-state index in [1.807, 2.05) is 19.1 Å². The molecule has 19 heavy (non-hydrogen) atoms. The van der Waals surface area contributed by atoms with E-state index in [1.54, 1.807) is 36.5 Å². The second-order valence-electron chi connectivity index (χ2n) is 4.02. The van der Waals surface area contributed by atoms with Gasteiger partial charge in [-0.2, -0.15) is 18.4 Å². The smallest absolute Gasteiger partial charge is 0.200 e. The highest BCUT2D eigenvalue weighted by Gasteiger charge is 2.12. The zero-order chi connectivity index (χ0) is 13.9. The van der Waals surface area contributed by atoms with Gasteiger partial charge in [-0.3, -0.25) is 0 Å². The molecule has 1 N–H and O–H groups in total. The largest absolute Gasteiger partial charge is 0.276 e. The van der Waals surface area contributed by atoms with E-state index in [-0.39, 0.29) is 4.90 Å². The number of hydrogen-bond acceptors (Lipinski definition) is 4. The Labute approximate surface area is 116 Å². The summed E-state index contributed by atoms with van der Waals surface area (Å²) >= 11 is 1.58. The van der Waals surface area contributed by atoms with Gasteiger partial charge in [-0.25, -0.2) is 0 Å². The van der Waals surface area contributed by atoms with E-state index < -0.39 is 10.0 Å². The van der Waals surface area contributed by atoms with Crippen LogP contribution in [0.15, 0.2) is 52.5 Å². The van der Waals surface area contributed by atoms with Crippen LogP contribution in [0.2, 0.25) is 0 Å². The molecule has 0 aliphatic rings. The fourth-order valence-corrected chi connectivity index (χ4v) is 3.16. The van der Waals surface area contributed by atoms with E-state index in [0.717, 1.165) is 9.75 Å². The molecule has 1 aromatic heterocycles. The highest BCUT2D eigenvalue weighted by atomic mass is 32.2. The molecule has 100 valence electrons. The van der Waals surface area contributed by atoms with Crippen molar-refractivity contribution in [3.05, 3.63) is 52.2 Å². The number of rotatable bonds is 4. The van der Waals surface area contributed by atoms with Gasteiger partial charge in [0.25, 0.3) is 10.0 Å². The van der Waals surface area contributed by atoms with Crippen molar-refractivity contribution >= 4 is 27.1 Å². The summed E-state index contributed by atoms with van der Waals surface area (Å²) in [7, 11) is -3.59. The molecule has 0 aliphatic carbocycles. The molecule has 0 unspecified atom stereocenters. The first-order valence-corrected chi connectivity index (χ1v) is 7.97. The lowest BCUT2D eigenvalue weighted by Gasteiger charge is -2.03. The minimum absolute atomic E-state index is 0.203. The predicted molar refractivity (Wildman–Crippen MR) is 78.0 cm³/mol. The zero-order valence-corrected chi connectivity index (χ0v) is 12.3. The number of hydrogen-bond donors (Lipinski definition) is 1. The number of nitrogens with one attached hydrogen (secondary N) is 1. The molecule has 0 saturated carbocycles. The molecule has 6 heteroatoms. The predicted octanol–water partition coefficient (Wildman–Crippen LogP) is 2.76. The van der Waals surface area contributed by atoms with Gasteiger partial charge in [0.05, 0.1) is 15.5 Å². The number of sulfonamides is 1. The van der Waals surface area contributed by atoms with Crippen LogP contribution in [0.5, 0.6) is 0 Å². The molecule has 0 amide bonds. The van der Waals surface area contributed by atoms with Crippen LogP contribution < -0.4 is 4.83 Å². The molecule has 0 radical (unpaired) electrons. The first-order chi connectivity index (χ1) is 8.99. The molecule has 4 nitrogen and oxygen atoms in total. The van der Waals surface area contributed by atoms with E-state index in [4.69, 9.17) is 0 Å². The summed E-state index contributed by atoms with van der Waals surface area (Å²) < 4.78 is 23.9. The Morgan fingerprint density at radius 3 is 2.42 bits per heavy atom. The number of benzene rings is 1. The third-order valence-electron chi connectivity index (χ3n) is 2.48. The standard InChI is InChI=1S/C13H14N2O2S2/c1-10-8-9-13(18-10)11(2)14-15-19(16,17)12-6-4-3-5-7-12/h3-9,15H,1-2H3. The van der Waals surface area contributed by atoms with Crippen LogP contribution in [-0.2, 0) is 10.0 Å². The van der Waals surface area contributed by atoms with Crippen LogP contribution >= 0.6 is 11.3 Å². The van der Waals surface area contributed by atoms with Gasteiger partial charge in [0.15, 0.2) is 0 Å². The molecule has 1 aromatic carbocycles. The Morgan fingerprint density at radius 1 is 1.16 bits per heavy atom. The van der Waals surface area contributed by atoms with Crippen molar-refractivity contribution in [2.24, 2.45) is 5.10 Å². The van der Waals surface area contributed by atoms with Crippen LogP contribution in [0.3, 0.4) is 0 Å². The molecular formula is C13H14N2O2S2. The Bertz CT molecular complexity index is 688.